The van der Waals surface area contributed by atoms with E-state index in [1.54, 1.807) is 19.2 Å². The third-order valence-corrected chi connectivity index (χ3v) is 3.41. The maximum atomic E-state index is 12.0. The smallest absolute Gasteiger partial charge is 0.319 e. The zero-order chi connectivity index (χ0) is 16.1. The van der Waals surface area contributed by atoms with Crippen molar-refractivity contribution >= 4 is 11.7 Å². The zero-order valence-electron chi connectivity index (χ0n) is 12.7. The molecule has 1 heterocycles. The normalized spacial score (nSPS) is 15.6. The highest BCUT2D eigenvalue weighted by molar-refractivity contribution is 5.90. The second-order valence-corrected chi connectivity index (χ2v) is 5.03. The Morgan fingerprint density at radius 1 is 1.17 bits per heavy atom. The van der Waals surface area contributed by atoms with Gasteiger partial charge >= 0.3 is 6.03 Å². The van der Waals surface area contributed by atoms with Crippen LogP contribution in [0.5, 0.6) is 17.2 Å². The first-order chi connectivity index (χ1) is 11.3. The number of nitrogens with one attached hydrogen (secondary N) is 2. The summed E-state index contributed by atoms with van der Waals surface area (Å²) in [6.45, 7) is 0.737. The van der Waals surface area contributed by atoms with Gasteiger partial charge in [-0.2, -0.15) is 0 Å². The molecule has 0 saturated heterocycles. The van der Waals surface area contributed by atoms with Gasteiger partial charge in [0.1, 0.15) is 12.4 Å². The lowest BCUT2D eigenvalue weighted by Gasteiger charge is -2.26. The van der Waals surface area contributed by atoms with E-state index in [-0.39, 0.29) is 12.1 Å². The van der Waals surface area contributed by atoms with Gasteiger partial charge in [-0.15, -0.1) is 0 Å². The first-order valence-electron chi connectivity index (χ1n) is 7.32. The van der Waals surface area contributed by atoms with Crippen molar-refractivity contribution in [3.05, 3.63) is 48.5 Å². The summed E-state index contributed by atoms with van der Waals surface area (Å²) >= 11 is 0. The molecular formula is C17H18N2O4. The van der Waals surface area contributed by atoms with Crippen molar-refractivity contribution in [1.29, 1.82) is 0 Å². The fourth-order valence-corrected chi connectivity index (χ4v) is 2.28. The summed E-state index contributed by atoms with van der Waals surface area (Å²) < 4.78 is 16.6. The van der Waals surface area contributed by atoms with Crippen LogP contribution in [0.1, 0.15) is 0 Å². The number of ether oxygens (including phenoxy) is 3. The number of methoxy groups -OCH3 is 1. The van der Waals surface area contributed by atoms with Crippen molar-refractivity contribution in [2.75, 3.05) is 25.6 Å². The lowest BCUT2D eigenvalue weighted by molar-refractivity contribution is 0.0922. The molecule has 120 valence electrons. The number of amides is 2. The van der Waals surface area contributed by atoms with Crippen molar-refractivity contribution in [2.24, 2.45) is 0 Å². The van der Waals surface area contributed by atoms with E-state index in [1.165, 1.54) is 0 Å². The number of carbonyl (C=O) groups excluding carboxylic acids is 1. The van der Waals surface area contributed by atoms with E-state index < -0.39 is 0 Å². The SMILES string of the molecule is COc1ccccc1NC(=O)NCC1COc2ccccc2O1. The minimum atomic E-state index is -0.322. The quantitative estimate of drug-likeness (QED) is 0.910. The van der Waals surface area contributed by atoms with Gasteiger partial charge in [0.2, 0.25) is 0 Å². The Morgan fingerprint density at radius 2 is 1.91 bits per heavy atom. The second-order valence-electron chi connectivity index (χ2n) is 5.03. The Morgan fingerprint density at radius 3 is 2.74 bits per heavy atom. The molecule has 3 rings (SSSR count). The van der Waals surface area contributed by atoms with E-state index >= 15 is 0 Å². The van der Waals surface area contributed by atoms with Crippen LogP contribution in [0.15, 0.2) is 48.5 Å². The molecule has 0 aromatic heterocycles. The Kier molecular flexibility index (Phi) is 4.52. The van der Waals surface area contributed by atoms with Crippen LogP contribution in [0.25, 0.3) is 0 Å². The lowest BCUT2D eigenvalue weighted by atomic mass is 10.2. The molecule has 1 unspecified atom stereocenters. The largest absolute Gasteiger partial charge is 0.495 e. The topological polar surface area (TPSA) is 68.8 Å². The van der Waals surface area contributed by atoms with E-state index in [0.717, 1.165) is 5.75 Å². The molecule has 2 N–H and O–H groups in total. The van der Waals surface area contributed by atoms with Crippen molar-refractivity contribution < 1.29 is 19.0 Å². The number of hydrogen-bond donors (Lipinski definition) is 2. The molecule has 0 saturated carbocycles. The summed E-state index contributed by atoms with van der Waals surface area (Å²) in [6, 6.07) is 14.4. The third kappa shape index (κ3) is 3.66. The highest BCUT2D eigenvalue weighted by atomic mass is 16.6. The van der Waals surface area contributed by atoms with Crippen LogP contribution in [0.4, 0.5) is 10.5 Å². The molecule has 2 amide bonds. The molecule has 6 heteroatoms. The van der Waals surface area contributed by atoms with Gasteiger partial charge in [-0.3, -0.25) is 0 Å². The molecule has 2 aromatic carbocycles. The number of rotatable bonds is 4. The number of anilines is 1. The summed E-state index contributed by atoms with van der Waals surface area (Å²) in [4.78, 5) is 12.0. The van der Waals surface area contributed by atoms with Crippen molar-refractivity contribution in [3.63, 3.8) is 0 Å². The Labute approximate surface area is 134 Å². The van der Waals surface area contributed by atoms with Crippen LogP contribution >= 0.6 is 0 Å². The van der Waals surface area contributed by atoms with Crippen molar-refractivity contribution in [3.8, 4) is 17.2 Å². The van der Waals surface area contributed by atoms with Gasteiger partial charge in [0.25, 0.3) is 0 Å². The maximum absolute atomic E-state index is 12.0. The molecule has 2 aromatic rings. The molecule has 1 atom stereocenters. The van der Waals surface area contributed by atoms with E-state index in [9.17, 15) is 4.79 Å². The molecule has 0 fully saturated rings. The number of urea groups is 1. The fraction of sp³-hybridized carbons (Fsp3) is 0.235. The van der Waals surface area contributed by atoms with Crippen LogP contribution < -0.4 is 24.8 Å². The molecule has 0 radical (unpaired) electrons. The minimum Gasteiger partial charge on any atom is -0.495 e. The second kappa shape index (κ2) is 6.91. The van der Waals surface area contributed by atoms with Gasteiger partial charge in [0, 0.05) is 0 Å². The first-order valence-corrected chi connectivity index (χ1v) is 7.32. The first kappa shape index (κ1) is 15.0. The molecule has 1 aliphatic rings. The summed E-state index contributed by atoms with van der Waals surface area (Å²) in [7, 11) is 1.56. The molecule has 0 bridgehead atoms. The Hall–Kier alpha value is -2.89. The Bertz CT molecular complexity index is 690. The van der Waals surface area contributed by atoms with E-state index in [2.05, 4.69) is 10.6 Å². The van der Waals surface area contributed by atoms with Crippen LogP contribution in [0.2, 0.25) is 0 Å². The highest BCUT2D eigenvalue weighted by Crippen LogP contribution is 2.30. The molecule has 0 spiro atoms. The summed E-state index contributed by atoms with van der Waals surface area (Å²) in [5.74, 6) is 2.02. The summed E-state index contributed by atoms with van der Waals surface area (Å²) in [5.41, 5.74) is 0.610. The number of para-hydroxylation sites is 4. The van der Waals surface area contributed by atoms with Crippen LogP contribution in [0, 0.1) is 0 Å². The van der Waals surface area contributed by atoms with Gasteiger partial charge in [0.15, 0.2) is 17.6 Å². The van der Waals surface area contributed by atoms with Crippen molar-refractivity contribution in [2.45, 2.75) is 6.10 Å². The minimum absolute atomic E-state index is 0.228. The van der Waals surface area contributed by atoms with Gasteiger partial charge in [-0.25, -0.2) is 4.79 Å². The van der Waals surface area contributed by atoms with Gasteiger partial charge in [-0.1, -0.05) is 24.3 Å². The number of benzene rings is 2. The molecule has 23 heavy (non-hydrogen) atoms. The summed E-state index contributed by atoms with van der Waals surface area (Å²) in [5, 5.41) is 5.52. The predicted molar refractivity (Wildman–Crippen MR) is 86.4 cm³/mol. The fourth-order valence-electron chi connectivity index (χ4n) is 2.28. The predicted octanol–water partition coefficient (Wildman–Crippen LogP) is 2.66. The molecular weight excluding hydrogens is 296 g/mol. The lowest BCUT2D eigenvalue weighted by Crippen LogP contribution is -2.42. The van der Waals surface area contributed by atoms with Crippen molar-refractivity contribution in [1.82, 2.24) is 5.32 Å². The van der Waals surface area contributed by atoms with Gasteiger partial charge < -0.3 is 24.8 Å². The summed E-state index contributed by atoms with van der Waals surface area (Å²) in [6.07, 6.45) is -0.228. The highest BCUT2D eigenvalue weighted by Gasteiger charge is 2.21. The van der Waals surface area contributed by atoms with Gasteiger partial charge in [-0.05, 0) is 24.3 Å². The van der Waals surface area contributed by atoms with Gasteiger partial charge in [0.05, 0.1) is 19.3 Å². The zero-order valence-corrected chi connectivity index (χ0v) is 12.7. The van der Waals surface area contributed by atoms with Crippen LogP contribution in [-0.4, -0.2) is 32.4 Å². The van der Waals surface area contributed by atoms with E-state index in [1.807, 2.05) is 36.4 Å². The maximum Gasteiger partial charge on any atom is 0.319 e. The Balaban J connectivity index is 1.52. The van der Waals surface area contributed by atoms with E-state index in [4.69, 9.17) is 14.2 Å². The molecule has 0 aliphatic carbocycles. The third-order valence-electron chi connectivity index (χ3n) is 3.41. The molecule has 1 aliphatic heterocycles. The molecule has 6 nitrogen and oxygen atoms in total. The van der Waals surface area contributed by atoms with E-state index in [0.29, 0.717) is 30.3 Å². The average molecular weight is 314 g/mol. The number of hydrogen-bond acceptors (Lipinski definition) is 4. The van der Waals surface area contributed by atoms with Crippen LogP contribution in [-0.2, 0) is 0 Å². The monoisotopic (exact) mass is 314 g/mol. The standard InChI is InChI=1S/C17H18N2O4/c1-21-14-7-3-2-6-13(14)19-17(20)18-10-12-11-22-15-8-4-5-9-16(15)23-12/h2-9,12H,10-11H2,1H3,(H2,18,19,20). The number of fused-ring (bicyclic) bond motifs is 1. The average Bonchev–Trinajstić information content (AvgIpc) is 2.60. The number of carbonyl (C=O) groups is 1. The van der Waals surface area contributed by atoms with Crippen LogP contribution in [0.3, 0.4) is 0 Å².